The van der Waals surface area contributed by atoms with E-state index >= 15 is 0 Å². The Balaban J connectivity index is 1.85. The summed E-state index contributed by atoms with van der Waals surface area (Å²) < 4.78 is 1.72. The Morgan fingerprint density at radius 3 is 2.80 bits per heavy atom. The van der Waals surface area contributed by atoms with Crippen molar-refractivity contribution in [1.82, 2.24) is 14.3 Å². The molecule has 0 saturated carbocycles. The maximum absolute atomic E-state index is 12.4. The number of rotatable bonds is 4. The number of aliphatic carboxylic acids is 1. The van der Waals surface area contributed by atoms with E-state index < -0.39 is 18.0 Å². The van der Waals surface area contributed by atoms with Crippen molar-refractivity contribution in [3.63, 3.8) is 0 Å². The Hall–Kier alpha value is -2.23. The highest BCUT2D eigenvalue weighted by Crippen LogP contribution is 2.51. The Bertz CT molecular complexity index is 927. The van der Waals surface area contributed by atoms with Crippen LogP contribution in [-0.2, 0) is 16.2 Å². The number of imidazole rings is 1. The van der Waals surface area contributed by atoms with Gasteiger partial charge in [-0.15, -0.1) is 11.3 Å². The van der Waals surface area contributed by atoms with Gasteiger partial charge in [0.25, 0.3) is 0 Å². The second-order valence-electron chi connectivity index (χ2n) is 6.46. The van der Waals surface area contributed by atoms with Crippen LogP contribution in [0.4, 0.5) is 0 Å². The number of carbonyl (C=O) groups excluding carboxylic acids is 1. The summed E-state index contributed by atoms with van der Waals surface area (Å²) >= 11 is 1.37. The van der Waals surface area contributed by atoms with E-state index in [9.17, 15) is 24.9 Å². The van der Waals surface area contributed by atoms with Gasteiger partial charge in [0.1, 0.15) is 23.0 Å². The van der Waals surface area contributed by atoms with Crippen molar-refractivity contribution in [2.24, 2.45) is 11.8 Å². The number of hydrogen-bond donors (Lipinski definition) is 3. The Labute approximate surface area is 146 Å². The molecule has 25 heavy (non-hydrogen) atoms. The molecular formula is C16H17N3O5S. The zero-order valence-corrected chi connectivity index (χ0v) is 14.4. The summed E-state index contributed by atoms with van der Waals surface area (Å²) in [5.41, 5.74) is 0.578. The van der Waals surface area contributed by atoms with Crippen LogP contribution in [0.1, 0.15) is 24.5 Å². The van der Waals surface area contributed by atoms with E-state index in [1.807, 2.05) is 6.92 Å². The molecule has 1 fully saturated rings. The van der Waals surface area contributed by atoms with Gasteiger partial charge in [0.2, 0.25) is 5.91 Å². The molecule has 0 spiro atoms. The van der Waals surface area contributed by atoms with Gasteiger partial charge >= 0.3 is 5.97 Å². The topological polar surface area (TPSA) is 115 Å². The summed E-state index contributed by atoms with van der Waals surface area (Å²) in [5.74, 6) is -1.82. The lowest BCUT2D eigenvalue weighted by Gasteiger charge is -2.46. The van der Waals surface area contributed by atoms with Gasteiger partial charge in [-0.25, -0.2) is 9.78 Å². The van der Waals surface area contributed by atoms with Gasteiger partial charge in [-0.05, 0) is 6.92 Å². The zero-order valence-electron chi connectivity index (χ0n) is 13.6. The third-order valence-electron chi connectivity index (χ3n) is 5.08. The molecule has 2 aliphatic rings. The number of carbonyl (C=O) groups is 2. The quantitative estimate of drug-likeness (QED) is 0.683. The largest absolute Gasteiger partial charge is 0.477 e. The number of fused-ring (bicyclic) bond motifs is 2. The number of thiazole rings is 1. The number of aliphatic hydroxyl groups excluding tert-OH is 2. The Morgan fingerprint density at radius 1 is 1.48 bits per heavy atom. The molecule has 2 aromatic rings. The van der Waals surface area contributed by atoms with Crippen molar-refractivity contribution < 1.29 is 24.9 Å². The Morgan fingerprint density at radius 2 is 2.20 bits per heavy atom. The van der Waals surface area contributed by atoms with E-state index in [0.29, 0.717) is 11.4 Å². The van der Waals surface area contributed by atoms with Crippen molar-refractivity contribution in [3.05, 3.63) is 28.8 Å². The van der Waals surface area contributed by atoms with Gasteiger partial charge in [-0.2, -0.15) is 0 Å². The van der Waals surface area contributed by atoms with Gasteiger partial charge < -0.3 is 20.2 Å². The molecule has 2 aliphatic heterocycles. The lowest BCUT2D eigenvalue weighted by Crippen LogP contribution is -2.63. The number of amides is 1. The van der Waals surface area contributed by atoms with Crippen molar-refractivity contribution in [2.75, 3.05) is 0 Å². The first-order valence-electron chi connectivity index (χ1n) is 7.92. The fraction of sp³-hybridized carbons (Fsp3) is 0.438. The van der Waals surface area contributed by atoms with E-state index in [1.165, 1.54) is 16.2 Å². The van der Waals surface area contributed by atoms with Gasteiger partial charge in [0.15, 0.2) is 0 Å². The predicted molar refractivity (Wildman–Crippen MR) is 88.5 cm³/mol. The highest BCUT2D eigenvalue weighted by Gasteiger charge is 2.60. The fourth-order valence-electron chi connectivity index (χ4n) is 3.99. The van der Waals surface area contributed by atoms with E-state index in [1.54, 1.807) is 23.7 Å². The number of aliphatic hydroxyl groups is 2. The SMILES string of the molecule is C[C@@H](O)[C@H]1C(=O)N2C(C(=O)O)=C(c3cn4c(CO)ncc4s3)[C@H](C)[C@H]12. The molecule has 0 radical (unpaired) electrons. The molecule has 0 bridgehead atoms. The van der Waals surface area contributed by atoms with Crippen LogP contribution in [0, 0.1) is 11.8 Å². The standard InChI is InChI=1S/C16H17N3O5S/c1-6-11(8-4-18-9(5-20)17-3-10(18)25-8)14(16(23)24)19-13(6)12(7(2)21)15(19)22/h3-4,6-7,12-13,20-21H,5H2,1-2H3,(H,23,24)/t6-,7+,12+,13+/m0/s1. The summed E-state index contributed by atoms with van der Waals surface area (Å²) in [6, 6.07) is -0.342. The monoisotopic (exact) mass is 363 g/mol. The summed E-state index contributed by atoms with van der Waals surface area (Å²) in [5, 5.41) is 28.9. The van der Waals surface area contributed by atoms with Crippen LogP contribution >= 0.6 is 11.3 Å². The smallest absolute Gasteiger partial charge is 0.352 e. The van der Waals surface area contributed by atoms with Crippen LogP contribution in [0.3, 0.4) is 0 Å². The number of β-lactam (4-membered cyclic amide) rings is 1. The molecule has 0 aliphatic carbocycles. The highest BCUT2D eigenvalue weighted by atomic mass is 32.1. The molecule has 2 aromatic heterocycles. The van der Waals surface area contributed by atoms with Crippen LogP contribution in [0.2, 0.25) is 0 Å². The van der Waals surface area contributed by atoms with Crippen molar-refractivity contribution in [3.8, 4) is 0 Å². The molecule has 4 atom stereocenters. The van der Waals surface area contributed by atoms with Gasteiger partial charge in [0, 0.05) is 17.7 Å². The normalized spacial score (nSPS) is 27.0. The second-order valence-corrected chi connectivity index (χ2v) is 7.52. The molecule has 1 amide bonds. The summed E-state index contributed by atoms with van der Waals surface area (Å²) in [7, 11) is 0. The maximum Gasteiger partial charge on any atom is 0.352 e. The molecule has 9 heteroatoms. The first-order valence-corrected chi connectivity index (χ1v) is 8.74. The van der Waals surface area contributed by atoms with Crippen molar-refractivity contribution in [2.45, 2.75) is 32.6 Å². The van der Waals surface area contributed by atoms with Crippen LogP contribution in [0.5, 0.6) is 0 Å². The lowest BCUT2D eigenvalue weighted by atomic mass is 9.77. The number of nitrogens with zero attached hydrogens (tertiary/aromatic N) is 3. The van der Waals surface area contributed by atoms with Crippen LogP contribution in [0.25, 0.3) is 10.4 Å². The summed E-state index contributed by atoms with van der Waals surface area (Å²) in [6.07, 6.45) is 2.55. The van der Waals surface area contributed by atoms with E-state index in [4.69, 9.17) is 0 Å². The minimum atomic E-state index is -1.15. The fourth-order valence-corrected chi connectivity index (χ4v) is 5.12. The molecule has 1 saturated heterocycles. The number of carboxylic acid groups (broad SMARTS) is 1. The van der Waals surface area contributed by atoms with Gasteiger partial charge in [0.05, 0.1) is 29.1 Å². The van der Waals surface area contributed by atoms with E-state index in [2.05, 4.69) is 4.98 Å². The molecule has 3 N–H and O–H groups in total. The minimum absolute atomic E-state index is 0.0117. The molecule has 4 rings (SSSR count). The average Bonchev–Trinajstić information content (AvgIpc) is 3.16. The van der Waals surface area contributed by atoms with Crippen LogP contribution in [0.15, 0.2) is 18.1 Å². The molecule has 0 aromatic carbocycles. The predicted octanol–water partition coefficient (Wildman–Crippen LogP) is 0.541. The molecule has 4 heterocycles. The van der Waals surface area contributed by atoms with Gasteiger partial charge in [-0.1, -0.05) is 6.92 Å². The molecular weight excluding hydrogens is 346 g/mol. The Kier molecular flexibility index (Phi) is 3.50. The van der Waals surface area contributed by atoms with Crippen molar-refractivity contribution >= 4 is 33.6 Å². The third kappa shape index (κ3) is 2.03. The average molecular weight is 363 g/mol. The van der Waals surface area contributed by atoms with E-state index in [0.717, 1.165) is 9.71 Å². The first-order chi connectivity index (χ1) is 11.9. The maximum atomic E-state index is 12.4. The van der Waals surface area contributed by atoms with Gasteiger partial charge in [-0.3, -0.25) is 9.20 Å². The zero-order chi connectivity index (χ0) is 18.0. The van der Waals surface area contributed by atoms with Crippen LogP contribution in [-0.4, -0.2) is 53.6 Å². The molecule has 0 unspecified atom stereocenters. The van der Waals surface area contributed by atoms with Crippen molar-refractivity contribution in [1.29, 1.82) is 0 Å². The summed E-state index contributed by atoms with van der Waals surface area (Å²) in [6.45, 7) is 3.21. The van der Waals surface area contributed by atoms with Crippen LogP contribution < -0.4 is 0 Å². The minimum Gasteiger partial charge on any atom is -0.477 e. The second kappa shape index (κ2) is 5.38. The number of hydrogen-bond acceptors (Lipinski definition) is 6. The third-order valence-corrected chi connectivity index (χ3v) is 6.14. The number of carboxylic acids is 1. The lowest BCUT2D eigenvalue weighted by molar-refractivity contribution is -0.163. The molecule has 8 nitrogen and oxygen atoms in total. The van der Waals surface area contributed by atoms with E-state index in [-0.39, 0.29) is 30.2 Å². The molecule has 132 valence electrons. The number of aromatic nitrogens is 2. The highest BCUT2D eigenvalue weighted by molar-refractivity contribution is 7.18. The first kappa shape index (κ1) is 16.2. The summed E-state index contributed by atoms with van der Waals surface area (Å²) in [4.78, 5) is 31.1.